The van der Waals surface area contributed by atoms with Crippen LogP contribution in [0.1, 0.15) is 11.7 Å². The van der Waals surface area contributed by atoms with E-state index >= 15 is 0 Å². The average molecular weight is 243 g/mol. The van der Waals surface area contributed by atoms with Gasteiger partial charge in [-0.1, -0.05) is 6.07 Å². The molecule has 0 amide bonds. The molecular weight excluding hydrogens is 233 g/mol. The second-order valence-electron chi connectivity index (χ2n) is 2.62. The van der Waals surface area contributed by atoms with Crippen molar-refractivity contribution in [2.75, 3.05) is 7.11 Å². The van der Waals surface area contributed by atoms with Gasteiger partial charge in [-0.25, -0.2) is 4.98 Å². The number of ether oxygens (including phenoxy) is 1. The highest BCUT2D eigenvalue weighted by Crippen LogP contribution is 2.29. The van der Waals surface area contributed by atoms with Crippen LogP contribution >= 0.6 is 12.4 Å². The number of nitrogens with zero attached hydrogens (tertiary/aromatic N) is 1. The number of halogens is 4. The second kappa shape index (κ2) is 5.18. The summed E-state index contributed by atoms with van der Waals surface area (Å²) < 4.78 is 41.2. The van der Waals surface area contributed by atoms with E-state index in [9.17, 15) is 13.2 Å². The summed E-state index contributed by atoms with van der Waals surface area (Å²) in [4.78, 5) is 3.59. The number of aromatic nitrogens is 1. The smallest absolute Gasteiger partial charge is 0.409 e. The molecule has 0 aliphatic rings. The molecule has 1 unspecified atom stereocenters. The number of nitrogens with two attached hydrogens (primary N) is 1. The highest BCUT2D eigenvalue weighted by Gasteiger charge is 2.38. The number of hydrogen-bond donors (Lipinski definition) is 1. The lowest BCUT2D eigenvalue weighted by Crippen LogP contribution is -2.29. The SMILES string of the molecule is COc1cccc(C(N)C(F)(F)F)n1.Cl. The molecule has 0 saturated heterocycles. The van der Waals surface area contributed by atoms with Crippen molar-refractivity contribution in [3.8, 4) is 5.88 Å². The normalized spacial score (nSPS) is 12.9. The van der Waals surface area contributed by atoms with Crippen LogP contribution in [0.2, 0.25) is 0 Å². The minimum Gasteiger partial charge on any atom is -0.481 e. The lowest BCUT2D eigenvalue weighted by Gasteiger charge is -2.15. The molecule has 0 saturated carbocycles. The minimum absolute atomic E-state index is 0. The first-order chi connectivity index (χ1) is 6.45. The first-order valence-electron chi connectivity index (χ1n) is 3.78. The van der Waals surface area contributed by atoms with Gasteiger partial charge in [-0.2, -0.15) is 13.2 Å². The van der Waals surface area contributed by atoms with Crippen molar-refractivity contribution in [3.05, 3.63) is 23.9 Å². The molecule has 2 N–H and O–H groups in total. The van der Waals surface area contributed by atoms with Gasteiger partial charge in [0.25, 0.3) is 0 Å². The Labute approximate surface area is 90.8 Å². The van der Waals surface area contributed by atoms with Crippen molar-refractivity contribution >= 4 is 12.4 Å². The van der Waals surface area contributed by atoms with E-state index < -0.39 is 12.2 Å². The summed E-state index contributed by atoms with van der Waals surface area (Å²) in [6.07, 6.45) is -4.49. The Morgan fingerprint density at radius 2 is 2.00 bits per heavy atom. The van der Waals surface area contributed by atoms with Crippen molar-refractivity contribution in [2.45, 2.75) is 12.2 Å². The van der Waals surface area contributed by atoms with Crippen LogP contribution in [0.15, 0.2) is 18.2 Å². The lowest BCUT2D eigenvalue weighted by atomic mass is 10.2. The highest BCUT2D eigenvalue weighted by molar-refractivity contribution is 5.85. The zero-order chi connectivity index (χ0) is 10.8. The summed E-state index contributed by atoms with van der Waals surface area (Å²) in [6, 6.07) is 2.00. The Kier molecular flexibility index (Phi) is 4.83. The number of methoxy groups -OCH3 is 1. The second-order valence-corrected chi connectivity index (χ2v) is 2.62. The Morgan fingerprint density at radius 1 is 1.40 bits per heavy atom. The van der Waals surface area contributed by atoms with Crippen LogP contribution in [0.5, 0.6) is 5.88 Å². The van der Waals surface area contributed by atoms with Gasteiger partial charge in [0.05, 0.1) is 12.8 Å². The molecule has 15 heavy (non-hydrogen) atoms. The molecule has 0 aliphatic heterocycles. The fourth-order valence-corrected chi connectivity index (χ4v) is 0.885. The van der Waals surface area contributed by atoms with Crippen LogP contribution in [0.4, 0.5) is 13.2 Å². The highest BCUT2D eigenvalue weighted by atomic mass is 35.5. The summed E-state index contributed by atoms with van der Waals surface area (Å²) >= 11 is 0. The molecule has 7 heteroatoms. The van der Waals surface area contributed by atoms with Crippen LogP contribution in [0, 0.1) is 0 Å². The molecule has 0 fully saturated rings. The molecule has 0 radical (unpaired) electrons. The van der Waals surface area contributed by atoms with E-state index in [1.807, 2.05) is 0 Å². The fraction of sp³-hybridized carbons (Fsp3) is 0.375. The third-order valence-electron chi connectivity index (χ3n) is 1.63. The van der Waals surface area contributed by atoms with Crippen LogP contribution in [-0.4, -0.2) is 18.3 Å². The van der Waals surface area contributed by atoms with E-state index in [0.717, 1.165) is 0 Å². The van der Waals surface area contributed by atoms with Gasteiger partial charge in [-0.3, -0.25) is 0 Å². The Balaban J connectivity index is 0.00000196. The number of pyridine rings is 1. The summed E-state index contributed by atoms with van der Waals surface area (Å²) in [5.41, 5.74) is 4.70. The quantitative estimate of drug-likeness (QED) is 0.864. The molecule has 1 aromatic heterocycles. The minimum atomic E-state index is -4.49. The Hall–Kier alpha value is -1.01. The summed E-state index contributed by atoms with van der Waals surface area (Å²) in [6.45, 7) is 0. The standard InChI is InChI=1S/C8H9F3N2O.ClH/c1-14-6-4-2-3-5(13-6)7(12)8(9,10)11;/h2-4,7H,12H2,1H3;1H. The van der Waals surface area contributed by atoms with Crippen molar-refractivity contribution < 1.29 is 17.9 Å². The molecule has 0 aromatic carbocycles. The molecule has 1 rings (SSSR count). The molecule has 0 bridgehead atoms. The zero-order valence-corrected chi connectivity index (χ0v) is 8.60. The van der Waals surface area contributed by atoms with E-state index in [1.54, 1.807) is 0 Å². The molecule has 1 aromatic rings. The molecule has 1 atom stereocenters. The third kappa shape index (κ3) is 3.56. The first kappa shape index (κ1) is 14.0. The maximum absolute atomic E-state index is 12.2. The topological polar surface area (TPSA) is 48.1 Å². The van der Waals surface area contributed by atoms with E-state index in [0.29, 0.717) is 0 Å². The maximum atomic E-state index is 12.2. The van der Waals surface area contributed by atoms with Crippen LogP contribution < -0.4 is 10.5 Å². The van der Waals surface area contributed by atoms with Gasteiger partial charge in [0.2, 0.25) is 5.88 Å². The zero-order valence-electron chi connectivity index (χ0n) is 7.78. The van der Waals surface area contributed by atoms with E-state index in [4.69, 9.17) is 5.73 Å². The van der Waals surface area contributed by atoms with E-state index in [1.165, 1.54) is 25.3 Å². The predicted molar refractivity (Wildman–Crippen MR) is 51.0 cm³/mol. The van der Waals surface area contributed by atoms with Gasteiger partial charge in [-0.05, 0) is 6.07 Å². The number of alkyl halides is 3. The van der Waals surface area contributed by atoms with Gasteiger partial charge >= 0.3 is 6.18 Å². The number of rotatable bonds is 2. The third-order valence-corrected chi connectivity index (χ3v) is 1.63. The Bertz CT molecular complexity index is 319. The molecule has 3 nitrogen and oxygen atoms in total. The predicted octanol–water partition coefficient (Wildman–Crippen LogP) is 2.07. The molecule has 1 heterocycles. The largest absolute Gasteiger partial charge is 0.481 e. The monoisotopic (exact) mass is 242 g/mol. The molecular formula is C8H10ClF3N2O. The van der Waals surface area contributed by atoms with Crippen LogP contribution in [0.25, 0.3) is 0 Å². The van der Waals surface area contributed by atoms with Crippen molar-refractivity contribution in [1.29, 1.82) is 0 Å². The van der Waals surface area contributed by atoms with Gasteiger partial charge < -0.3 is 10.5 Å². The van der Waals surface area contributed by atoms with Gasteiger partial charge in [0.1, 0.15) is 6.04 Å². The van der Waals surface area contributed by atoms with Crippen molar-refractivity contribution in [2.24, 2.45) is 5.73 Å². The average Bonchev–Trinajstić information content (AvgIpc) is 2.15. The van der Waals surface area contributed by atoms with Crippen molar-refractivity contribution in [3.63, 3.8) is 0 Å². The Morgan fingerprint density at radius 3 is 2.47 bits per heavy atom. The van der Waals surface area contributed by atoms with Crippen LogP contribution in [0.3, 0.4) is 0 Å². The maximum Gasteiger partial charge on any atom is 0.409 e. The van der Waals surface area contributed by atoms with Gasteiger partial charge in [0.15, 0.2) is 0 Å². The fourth-order valence-electron chi connectivity index (χ4n) is 0.885. The summed E-state index contributed by atoms with van der Waals surface area (Å²) in [5.74, 6) is 0.113. The lowest BCUT2D eigenvalue weighted by molar-refractivity contribution is -0.150. The summed E-state index contributed by atoms with van der Waals surface area (Å²) in [7, 11) is 1.32. The van der Waals surface area contributed by atoms with Crippen LogP contribution in [-0.2, 0) is 0 Å². The first-order valence-corrected chi connectivity index (χ1v) is 3.78. The number of hydrogen-bond acceptors (Lipinski definition) is 3. The summed E-state index contributed by atoms with van der Waals surface area (Å²) in [5, 5.41) is 0. The van der Waals surface area contributed by atoms with E-state index in [-0.39, 0.29) is 24.0 Å². The molecule has 0 aliphatic carbocycles. The van der Waals surface area contributed by atoms with Gasteiger partial charge in [0, 0.05) is 6.07 Å². The van der Waals surface area contributed by atoms with E-state index in [2.05, 4.69) is 9.72 Å². The molecule has 86 valence electrons. The van der Waals surface area contributed by atoms with Gasteiger partial charge in [-0.15, -0.1) is 12.4 Å². The molecule has 0 spiro atoms. The van der Waals surface area contributed by atoms with Crippen molar-refractivity contribution in [1.82, 2.24) is 4.98 Å².